The summed E-state index contributed by atoms with van der Waals surface area (Å²) in [5.41, 5.74) is 6.16. The van der Waals surface area contributed by atoms with Crippen molar-refractivity contribution >= 4 is 15.9 Å². The van der Waals surface area contributed by atoms with Crippen molar-refractivity contribution in [1.82, 2.24) is 0 Å². The fraction of sp³-hybridized carbons (Fsp3) is 0.333. The smallest absolute Gasteiger partial charge is 0.128 e. The Morgan fingerprint density at radius 1 is 1.62 bits per heavy atom. The Morgan fingerprint density at radius 3 is 2.92 bits per heavy atom. The first-order chi connectivity index (χ1) is 6.15. The van der Waals surface area contributed by atoms with Crippen molar-refractivity contribution in [1.29, 1.82) is 0 Å². The lowest BCUT2D eigenvalue weighted by atomic mass is 10.1. The van der Waals surface area contributed by atoms with E-state index in [0.29, 0.717) is 12.2 Å². The lowest BCUT2D eigenvalue weighted by Crippen LogP contribution is -2.17. The van der Waals surface area contributed by atoms with E-state index in [4.69, 9.17) is 10.5 Å². The molecule has 0 aliphatic carbocycles. The SMILES string of the molecule is COC[C@H](N)c1cc(Br)ccc1F. The van der Waals surface area contributed by atoms with E-state index in [9.17, 15) is 4.39 Å². The zero-order chi connectivity index (χ0) is 9.84. The summed E-state index contributed by atoms with van der Waals surface area (Å²) >= 11 is 3.25. The fourth-order valence-electron chi connectivity index (χ4n) is 1.07. The van der Waals surface area contributed by atoms with Crippen LogP contribution in [0.5, 0.6) is 0 Å². The average molecular weight is 248 g/mol. The molecule has 0 radical (unpaired) electrons. The molecule has 0 unspecified atom stereocenters. The van der Waals surface area contributed by atoms with E-state index in [0.717, 1.165) is 4.47 Å². The van der Waals surface area contributed by atoms with Crippen LogP contribution in [0.4, 0.5) is 4.39 Å². The first-order valence-corrected chi connectivity index (χ1v) is 4.64. The predicted molar refractivity (Wildman–Crippen MR) is 52.9 cm³/mol. The van der Waals surface area contributed by atoms with E-state index in [1.165, 1.54) is 13.2 Å². The van der Waals surface area contributed by atoms with Gasteiger partial charge in [0, 0.05) is 17.1 Å². The molecule has 0 aliphatic rings. The molecule has 1 aromatic rings. The van der Waals surface area contributed by atoms with Crippen LogP contribution in [0, 0.1) is 5.82 Å². The Kier molecular flexibility index (Phi) is 3.84. The molecule has 2 N–H and O–H groups in total. The summed E-state index contributed by atoms with van der Waals surface area (Å²) in [4.78, 5) is 0. The number of halogens is 2. The number of rotatable bonds is 3. The lowest BCUT2D eigenvalue weighted by Gasteiger charge is -2.11. The molecule has 4 heteroatoms. The zero-order valence-corrected chi connectivity index (χ0v) is 8.84. The molecule has 0 saturated heterocycles. The normalized spacial score (nSPS) is 12.9. The molecule has 72 valence electrons. The highest BCUT2D eigenvalue weighted by Crippen LogP contribution is 2.20. The number of methoxy groups -OCH3 is 1. The lowest BCUT2D eigenvalue weighted by molar-refractivity contribution is 0.179. The first kappa shape index (κ1) is 10.6. The van der Waals surface area contributed by atoms with Gasteiger partial charge in [0.1, 0.15) is 5.82 Å². The van der Waals surface area contributed by atoms with Crippen molar-refractivity contribution < 1.29 is 9.13 Å². The van der Waals surface area contributed by atoms with E-state index in [1.807, 2.05) is 0 Å². The maximum atomic E-state index is 13.2. The fourth-order valence-corrected chi connectivity index (χ4v) is 1.45. The van der Waals surface area contributed by atoms with E-state index in [2.05, 4.69) is 15.9 Å². The van der Waals surface area contributed by atoms with E-state index >= 15 is 0 Å². The predicted octanol–water partition coefficient (Wildman–Crippen LogP) is 2.23. The number of hydrogen-bond donors (Lipinski definition) is 1. The molecule has 13 heavy (non-hydrogen) atoms. The third kappa shape index (κ3) is 2.76. The van der Waals surface area contributed by atoms with Gasteiger partial charge in [0.15, 0.2) is 0 Å². The highest BCUT2D eigenvalue weighted by atomic mass is 79.9. The molecule has 2 nitrogen and oxygen atoms in total. The van der Waals surface area contributed by atoms with Gasteiger partial charge in [-0.25, -0.2) is 4.39 Å². The molecule has 0 spiro atoms. The Morgan fingerprint density at radius 2 is 2.31 bits per heavy atom. The third-order valence-electron chi connectivity index (χ3n) is 1.70. The summed E-state index contributed by atoms with van der Waals surface area (Å²) in [5, 5.41) is 0. The van der Waals surface area contributed by atoms with Gasteiger partial charge in [-0.1, -0.05) is 15.9 Å². The van der Waals surface area contributed by atoms with Crippen LogP contribution < -0.4 is 5.73 Å². The van der Waals surface area contributed by atoms with Crippen molar-refractivity contribution in [2.45, 2.75) is 6.04 Å². The van der Waals surface area contributed by atoms with Crippen LogP contribution in [-0.2, 0) is 4.74 Å². The second kappa shape index (κ2) is 4.69. The molecule has 0 aromatic heterocycles. The van der Waals surface area contributed by atoms with Gasteiger partial charge in [0.05, 0.1) is 12.6 Å². The quantitative estimate of drug-likeness (QED) is 0.890. The summed E-state index contributed by atoms with van der Waals surface area (Å²) in [7, 11) is 1.54. The van der Waals surface area contributed by atoms with Crippen LogP contribution in [0.25, 0.3) is 0 Å². The number of hydrogen-bond acceptors (Lipinski definition) is 2. The molecule has 0 bridgehead atoms. The number of benzene rings is 1. The molecule has 1 rings (SSSR count). The maximum absolute atomic E-state index is 13.2. The molecular weight excluding hydrogens is 237 g/mol. The summed E-state index contributed by atoms with van der Waals surface area (Å²) in [5.74, 6) is -0.298. The second-order valence-electron chi connectivity index (χ2n) is 2.73. The Labute approximate surface area is 85.0 Å². The molecule has 1 aromatic carbocycles. The third-order valence-corrected chi connectivity index (χ3v) is 2.20. The minimum atomic E-state index is -0.414. The number of nitrogens with two attached hydrogens (primary N) is 1. The van der Waals surface area contributed by atoms with Gasteiger partial charge in [-0.05, 0) is 18.2 Å². The minimum absolute atomic E-state index is 0.298. The van der Waals surface area contributed by atoms with Crippen LogP contribution in [0.1, 0.15) is 11.6 Å². The summed E-state index contributed by atoms with van der Waals surface area (Å²) in [6.07, 6.45) is 0. The molecule has 0 saturated carbocycles. The highest BCUT2D eigenvalue weighted by molar-refractivity contribution is 9.10. The van der Waals surface area contributed by atoms with E-state index in [1.54, 1.807) is 12.1 Å². The van der Waals surface area contributed by atoms with Crippen LogP contribution >= 0.6 is 15.9 Å². The summed E-state index contributed by atoms with van der Waals surface area (Å²) < 4.78 is 18.8. The van der Waals surface area contributed by atoms with Gasteiger partial charge in [-0.3, -0.25) is 0 Å². The topological polar surface area (TPSA) is 35.2 Å². The maximum Gasteiger partial charge on any atom is 0.128 e. The van der Waals surface area contributed by atoms with E-state index in [-0.39, 0.29) is 5.82 Å². The molecule has 0 amide bonds. The van der Waals surface area contributed by atoms with Gasteiger partial charge >= 0.3 is 0 Å². The highest BCUT2D eigenvalue weighted by Gasteiger charge is 2.10. The van der Waals surface area contributed by atoms with Crippen LogP contribution in [-0.4, -0.2) is 13.7 Å². The Hall–Kier alpha value is -0.450. The monoisotopic (exact) mass is 247 g/mol. The minimum Gasteiger partial charge on any atom is -0.383 e. The molecule has 0 fully saturated rings. The molecular formula is C9H11BrFNO. The van der Waals surface area contributed by atoms with Gasteiger partial charge in [0.2, 0.25) is 0 Å². The van der Waals surface area contributed by atoms with Gasteiger partial charge in [-0.2, -0.15) is 0 Å². The largest absolute Gasteiger partial charge is 0.383 e. The zero-order valence-electron chi connectivity index (χ0n) is 7.26. The first-order valence-electron chi connectivity index (χ1n) is 3.84. The summed E-state index contributed by atoms with van der Waals surface area (Å²) in [6.45, 7) is 0.313. The van der Waals surface area contributed by atoms with Gasteiger partial charge in [0.25, 0.3) is 0 Å². The summed E-state index contributed by atoms with van der Waals surface area (Å²) in [6, 6.07) is 4.27. The van der Waals surface area contributed by atoms with Crippen LogP contribution in [0.3, 0.4) is 0 Å². The van der Waals surface area contributed by atoms with Crippen molar-refractivity contribution in [2.75, 3.05) is 13.7 Å². The Bertz CT molecular complexity index is 293. The van der Waals surface area contributed by atoms with Crippen molar-refractivity contribution in [3.63, 3.8) is 0 Å². The second-order valence-corrected chi connectivity index (χ2v) is 3.64. The number of ether oxygens (including phenoxy) is 1. The average Bonchev–Trinajstić information content (AvgIpc) is 2.09. The van der Waals surface area contributed by atoms with Crippen LogP contribution in [0.15, 0.2) is 22.7 Å². The van der Waals surface area contributed by atoms with Gasteiger partial charge < -0.3 is 10.5 Å². The standard InChI is InChI=1S/C9H11BrFNO/c1-13-5-9(12)7-4-6(10)2-3-8(7)11/h2-4,9H,5,12H2,1H3/t9-/m0/s1. The molecule has 0 aliphatic heterocycles. The van der Waals surface area contributed by atoms with Crippen molar-refractivity contribution in [3.05, 3.63) is 34.1 Å². The molecule has 0 heterocycles. The van der Waals surface area contributed by atoms with Gasteiger partial charge in [-0.15, -0.1) is 0 Å². The van der Waals surface area contributed by atoms with Crippen molar-refractivity contribution in [3.8, 4) is 0 Å². The molecule has 1 atom stereocenters. The van der Waals surface area contributed by atoms with E-state index < -0.39 is 6.04 Å². The van der Waals surface area contributed by atoms with Crippen molar-refractivity contribution in [2.24, 2.45) is 5.73 Å². The Balaban J connectivity index is 2.91. The van der Waals surface area contributed by atoms with Crippen LogP contribution in [0.2, 0.25) is 0 Å².